The van der Waals surface area contributed by atoms with Crippen LogP contribution in [0.5, 0.6) is 5.75 Å². The number of carbonyl (C=O) groups excluding carboxylic acids is 1. The van der Waals surface area contributed by atoms with Crippen molar-refractivity contribution in [2.45, 2.75) is 31.7 Å². The molecule has 23 heavy (non-hydrogen) atoms. The second-order valence-corrected chi connectivity index (χ2v) is 6.16. The summed E-state index contributed by atoms with van der Waals surface area (Å²) in [4.78, 5) is 20.4. The zero-order chi connectivity index (χ0) is 16.5. The van der Waals surface area contributed by atoms with Crippen molar-refractivity contribution in [3.05, 3.63) is 24.5 Å². The zero-order valence-electron chi connectivity index (χ0n) is 14.2. The molecule has 1 aromatic rings. The molecule has 2 amide bonds. The first-order valence-corrected chi connectivity index (χ1v) is 8.39. The maximum Gasteiger partial charge on any atom is 0.317 e. The second kappa shape index (κ2) is 9.35. The highest BCUT2D eigenvalue weighted by atomic mass is 16.5. The minimum Gasteiger partial charge on any atom is -0.492 e. The second-order valence-electron chi connectivity index (χ2n) is 6.16. The Balaban J connectivity index is 1.61. The number of nitrogens with one attached hydrogen (secondary N) is 1. The van der Waals surface area contributed by atoms with E-state index < -0.39 is 0 Å². The third-order valence-corrected chi connectivity index (χ3v) is 4.22. The lowest BCUT2D eigenvalue weighted by Crippen LogP contribution is -2.41. The number of hydrogen-bond acceptors (Lipinski definition) is 4. The number of aromatic nitrogens is 1. The molecule has 1 N–H and O–H groups in total. The molecule has 0 spiro atoms. The van der Waals surface area contributed by atoms with Crippen LogP contribution in [0, 0.1) is 0 Å². The van der Waals surface area contributed by atoms with E-state index in [4.69, 9.17) is 4.74 Å². The van der Waals surface area contributed by atoms with Gasteiger partial charge in [0.25, 0.3) is 0 Å². The number of carbonyl (C=O) groups is 1. The van der Waals surface area contributed by atoms with Gasteiger partial charge >= 0.3 is 6.03 Å². The van der Waals surface area contributed by atoms with Crippen molar-refractivity contribution in [2.24, 2.45) is 0 Å². The van der Waals surface area contributed by atoms with Crippen LogP contribution in [0.25, 0.3) is 0 Å². The summed E-state index contributed by atoms with van der Waals surface area (Å²) in [5, 5.41) is 2.99. The Morgan fingerprint density at radius 3 is 3.04 bits per heavy atom. The summed E-state index contributed by atoms with van der Waals surface area (Å²) in [5.41, 5.74) is 0. The molecule has 0 saturated carbocycles. The molecule has 2 rings (SSSR count). The van der Waals surface area contributed by atoms with Crippen molar-refractivity contribution in [3.8, 4) is 5.75 Å². The first-order valence-electron chi connectivity index (χ1n) is 8.39. The molecule has 1 atom stereocenters. The number of likely N-dealkylation sites (tertiary alicyclic amines) is 1. The number of pyridine rings is 1. The number of nitrogens with zero attached hydrogens (tertiary/aromatic N) is 3. The van der Waals surface area contributed by atoms with Crippen LogP contribution in [0.15, 0.2) is 24.5 Å². The van der Waals surface area contributed by atoms with Crippen LogP contribution in [0.1, 0.15) is 25.7 Å². The maximum absolute atomic E-state index is 12.2. The molecule has 6 nitrogen and oxygen atoms in total. The van der Waals surface area contributed by atoms with E-state index >= 15 is 0 Å². The quantitative estimate of drug-likeness (QED) is 0.814. The van der Waals surface area contributed by atoms with E-state index in [-0.39, 0.29) is 6.03 Å². The summed E-state index contributed by atoms with van der Waals surface area (Å²) in [7, 11) is 4.23. The fourth-order valence-corrected chi connectivity index (χ4v) is 2.80. The summed E-state index contributed by atoms with van der Waals surface area (Å²) in [6, 6.07) is 4.35. The van der Waals surface area contributed by atoms with Crippen molar-refractivity contribution >= 4 is 6.03 Å². The number of amides is 2. The largest absolute Gasteiger partial charge is 0.492 e. The number of hydrogen-bond donors (Lipinski definition) is 1. The van der Waals surface area contributed by atoms with Gasteiger partial charge in [0.1, 0.15) is 5.75 Å². The molecule has 0 aliphatic carbocycles. The first kappa shape index (κ1) is 17.5. The third kappa shape index (κ3) is 6.06. The summed E-state index contributed by atoms with van der Waals surface area (Å²) in [6.45, 7) is 2.89. The van der Waals surface area contributed by atoms with Gasteiger partial charge in [-0.25, -0.2) is 4.79 Å². The van der Waals surface area contributed by atoms with Gasteiger partial charge < -0.3 is 19.9 Å². The van der Waals surface area contributed by atoms with Crippen molar-refractivity contribution in [2.75, 3.05) is 40.3 Å². The monoisotopic (exact) mass is 320 g/mol. The summed E-state index contributed by atoms with van der Waals surface area (Å²) < 4.78 is 5.56. The van der Waals surface area contributed by atoms with E-state index in [0.29, 0.717) is 19.2 Å². The van der Waals surface area contributed by atoms with E-state index in [1.165, 1.54) is 0 Å². The van der Waals surface area contributed by atoms with Crippen LogP contribution >= 0.6 is 0 Å². The molecule has 2 heterocycles. The Labute approximate surface area is 138 Å². The molecule has 0 aromatic carbocycles. The third-order valence-electron chi connectivity index (χ3n) is 4.22. The van der Waals surface area contributed by atoms with Crippen LogP contribution in [0.2, 0.25) is 0 Å². The average Bonchev–Trinajstić information content (AvgIpc) is 2.81. The summed E-state index contributed by atoms with van der Waals surface area (Å²) in [6.07, 6.45) is 7.47. The first-order chi connectivity index (χ1) is 11.2. The Morgan fingerprint density at radius 1 is 1.43 bits per heavy atom. The maximum atomic E-state index is 12.2. The van der Waals surface area contributed by atoms with Crippen molar-refractivity contribution < 1.29 is 9.53 Å². The average molecular weight is 320 g/mol. The van der Waals surface area contributed by atoms with Gasteiger partial charge in [0.15, 0.2) is 0 Å². The van der Waals surface area contributed by atoms with Crippen LogP contribution in [-0.2, 0) is 0 Å². The molecule has 0 bridgehead atoms. The van der Waals surface area contributed by atoms with Gasteiger partial charge in [-0.05, 0) is 51.9 Å². The molecule has 1 aromatic heterocycles. The molecular weight excluding hydrogens is 292 g/mol. The Hall–Kier alpha value is -1.82. The standard InChI is InChI=1S/C17H28N4O2/c1-20(2)15-6-4-11-21(12-8-15)17(22)19-10-5-13-23-16-7-3-9-18-14-16/h3,7,9,14-15H,4-6,8,10-13H2,1-2H3,(H,19,22)/t15-/m0/s1. The van der Waals surface area contributed by atoms with E-state index in [1.54, 1.807) is 12.4 Å². The fraction of sp³-hybridized carbons (Fsp3) is 0.647. The lowest BCUT2D eigenvalue weighted by Gasteiger charge is -2.23. The highest BCUT2D eigenvalue weighted by Gasteiger charge is 2.21. The van der Waals surface area contributed by atoms with Gasteiger partial charge in [-0.2, -0.15) is 0 Å². The minimum atomic E-state index is 0.0470. The Morgan fingerprint density at radius 2 is 2.30 bits per heavy atom. The number of rotatable bonds is 6. The highest BCUT2D eigenvalue weighted by Crippen LogP contribution is 2.14. The fourth-order valence-electron chi connectivity index (χ4n) is 2.80. The van der Waals surface area contributed by atoms with Crippen LogP contribution < -0.4 is 10.1 Å². The number of ether oxygens (including phenoxy) is 1. The van der Waals surface area contributed by atoms with Crippen molar-refractivity contribution in [3.63, 3.8) is 0 Å². The van der Waals surface area contributed by atoms with Crippen molar-refractivity contribution in [1.29, 1.82) is 0 Å². The predicted octanol–water partition coefficient (Wildman–Crippen LogP) is 1.98. The van der Waals surface area contributed by atoms with Gasteiger partial charge in [-0.15, -0.1) is 0 Å². The summed E-state index contributed by atoms with van der Waals surface area (Å²) in [5.74, 6) is 0.765. The normalized spacial score (nSPS) is 18.6. The molecule has 0 unspecified atom stereocenters. The molecule has 1 aliphatic heterocycles. The summed E-state index contributed by atoms with van der Waals surface area (Å²) >= 11 is 0. The molecule has 0 radical (unpaired) electrons. The van der Waals surface area contributed by atoms with E-state index in [9.17, 15) is 4.79 Å². The Bertz CT molecular complexity index is 467. The van der Waals surface area contributed by atoms with E-state index in [2.05, 4.69) is 29.3 Å². The lowest BCUT2D eigenvalue weighted by molar-refractivity contribution is 0.196. The predicted molar refractivity (Wildman–Crippen MR) is 90.6 cm³/mol. The van der Waals surface area contributed by atoms with Gasteiger partial charge in [0, 0.05) is 31.9 Å². The van der Waals surface area contributed by atoms with Gasteiger partial charge in [0.05, 0.1) is 12.8 Å². The minimum absolute atomic E-state index is 0.0470. The molecule has 1 saturated heterocycles. The molecular formula is C17H28N4O2. The van der Waals surface area contributed by atoms with Gasteiger partial charge in [0.2, 0.25) is 0 Å². The lowest BCUT2D eigenvalue weighted by atomic mass is 10.1. The molecule has 6 heteroatoms. The topological polar surface area (TPSA) is 57.7 Å². The zero-order valence-corrected chi connectivity index (χ0v) is 14.2. The molecule has 128 valence electrons. The van der Waals surface area contributed by atoms with Crippen LogP contribution in [0.4, 0.5) is 4.79 Å². The number of urea groups is 1. The van der Waals surface area contributed by atoms with Crippen LogP contribution in [-0.4, -0.2) is 67.2 Å². The van der Waals surface area contributed by atoms with Crippen LogP contribution in [0.3, 0.4) is 0 Å². The molecule has 1 aliphatic rings. The van der Waals surface area contributed by atoms with E-state index in [0.717, 1.165) is 44.5 Å². The highest BCUT2D eigenvalue weighted by molar-refractivity contribution is 5.74. The molecule has 1 fully saturated rings. The SMILES string of the molecule is CN(C)[C@H]1CCCN(C(=O)NCCCOc2cccnc2)CC1. The van der Waals surface area contributed by atoms with Gasteiger partial charge in [-0.3, -0.25) is 4.98 Å². The van der Waals surface area contributed by atoms with Crippen molar-refractivity contribution in [1.82, 2.24) is 20.1 Å². The van der Waals surface area contributed by atoms with E-state index in [1.807, 2.05) is 17.0 Å². The smallest absolute Gasteiger partial charge is 0.317 e. The Kier molecular flexibility index (Phi) is 7.13. The van der Waals surface area contributed by atoms with Gasteiger partial charge in [-0.1, -0.05) is 0 Å².